The number of methoxy groups -OCH3 is 2. The summed E-state index contributed by atoms with van der Waals surface area (Å²) in [6, 6.07) is 30.5. The van der Waals surface area contributed by atoms with Crippen LogP contribution in [-0.2, 0) is 15.1 Å². The molecule has 0 saturated carbocycles. The van der Waals surface area contributed by atoms with Gasteiger partial charge < -0.3 is 28.4 Å². The van der Waals surface area contributed by atoms with Crippen LogP contribution in [0.25, 0.3) is 11.0 Å². The summed E-state index contributed by atoms with van der Waals surface area (Å²) in [6.45, 7) is 0.397. The highest BCUT2D eigenvalue weighted by molar-refractivity contribution is 5.89. The van der Waals surface area contributed by atoms with Crippen LogP contribution in [-0.4, -0.2) is 61.8 Å². The Kier molecular flexibility index (Phi) is 8.63. The van der Waals surface area contributed by atoms with Crippen molar-refractivity contribution in [3.05, 3.63) is 120 Å². The Morgan fingerprint density at radius 1 is 0.864 bits per heavy atom. The lowest BCUT2D eigenvalue weighted by atomic mass is 9.80. The molecule has 5 aromatic rings. The van der Waals surface area contributed by atoms with Crippen molar-refractivity contribution in [3.63, 3.8) is 0 Å². The number of hydrogen-bond donors (Lipinski definition) is 0. The lowest BCUT2D eigenvalue weighted by Gasteiger charge is -2.37. The third-order valence-electron chi connectivity index (χ3n) is 8.07. The molecule has 0 bridgehead atoms. The van der Waals surface area contributed by atoms with Crippen LogP contribution in [0.4, 0.5) is 5.69 Å². The fourth-order valence-corrected chi connectivity index (χ4v) is 5.87. The van der Waals surface area contributed by atoms with E-state index >= 15 is 0 Å². The van der Waals surface area contributed by atoms with Gasteiger partial charge in [-0.15, -0.1) is 0 Å². The topological polar surface area (TPSA) is 70.3 Å². The van der Waals surface area contributed by atoms with Gasteiger partial charge in [0.25, 0.3) is 0 Å². The highest BCUT2D eigenvalue weighted by Crippen LogP contribution is 2.43. The molecule has 226 valence electrons. The van der Waals surface area contributed by atoms with Crippen molar-refractivity contribution in [1.82, 2.24) is 14.5 Å². The molecule has 0 N–H and O–H groups in total. The zero-order valence-electron chi connectivity index (χ0n) is 25.6. The number of pyridine rings is 1. The van der Waals surface area contributed by atoms with Gasteiger partial charge in [0.1, 0.15) is 29.0 Å². The van der Waals surface area contributed by atoms with Crippen molar-refractivity contribution in [3.8, 4) is 11.5 Å². The predicted octanol–water partition coefficient (Wildman–Crippen LogP) is 6.96. The molecule has 8 nitrogen and oxygen atoms in total. The summed E-state index contributed by atoms with van der Waals surface area (Å²) in [4.78, 5) is 11.2. The lowest BCUT2D eigenvalue weighted by molar-refractivity contribution is -0.0755. The molecule has 0 spiro atoms. The molecule has 2 unspecified atom stereocenters. The van der Waals surface area contributed by atoms with E-state index in [0.717, 1.165) is 57.8 Å². The van der Waals surface area contributed by atoms with Gasteiger partial charge in [-0.25, -0.2) is 9.98 Å². The second-order valence-corrected chi connectivity index (χ2v) is 11.1. The summed E-state index contributed by atoms with van der Waals surface area (Å²) >= 11 is 0. The first-order chi connectivity index (χ1) is 21.5. The number of rotatable bonds is 11. The molecule has 44 heavy (non-hydrogen) atoms. The van der Waals surface area contributed by atoms with E-state index in [0.29, 0.717) is 6.61 Å². The number of nitrogens with zero attached hydrogens (tertiary/aromatic N) is 4. The summed E-state index contributed by atoms with van der Waals surface area (Å²) < 4.78 is 26.8. The van der Waals surface area contributed by atoms with Gasteiger partial charge >= 0.3 is 0 Å². The van der Waals surface area contributed by atoms with Gasteiger partial charge in [-0.05, 0) is 65.9 Å². The van der Waals surface area contributed by atoms with Crippen molar-refractivity contribution in [1.29, 1.82) is 0 Å². The van der Waals surface area contributed by atoms with Crippen LogP contribution in [0.2, 0.25) is 0 Å². The zero-order chi connectivity index (χ0) is 30.5. The van der Waals surface area contributed by atoms with Crippen LogP contribution in [0.5, 0.6) is 11.5 Å². The first kappa shape index (κ1) is 29.4. The quantitative estimate of drug-likeness (QED) is 0.0941. The standard InChI is InChI=1S/C36H38N4O4/c1-39(2)25-38-33-20-22-37-35-32(33)21-23-40(35)34-19-18-31(44-34)24-43-36(26-8-6-5-7-9-26,27-10-14-29(41-3)15-11-27)28-12-16-30(42-4)17-13-28/h5-17,20-23,25,31,34H,18-19,24H2,1-4H3. The molecular weight excluding hydrogens is 552 g/mol. The number of ether oxygens (including phenoxy) is 4. The van der Waals surface area contributed by atoms with Crippen LogP contribution < -0.4 is 9.47 Å². The minimum atomic E-state index is -0.887. The van der Waals surface area contributed by atoms with E-state index in [1.165, 1.54) is 0 Å². The van der Waals surface area contributed by atoms with E-state index in [-0.39, 0.29) is 12.3 Å². The highest BCUT2D eigenvalue weighted by atomic mass is 16.6. The Balaban J connectivity index is 1.31. The molecular formula is C36H38N4O4. The van der Waals surface area contributed by atoms with Gasteiger partial charge in [0.15, 0.2) is 0 Å². The van der Waals surface area contributed by atoms with Crippen LogP contribution in [0, 0.1) is 0 Å². The van der Waals surface area contributed by atoms with Gasteiger partial charge in [-0.2, -0.15) is 0 Å². The zero-order valence-corrected chi connectivity index (χ0v) is 25.6. The Hall–Kier alpha value is -4.66. The Labute approximate surface area is 258 Å². The summed E-state index contributed by atoms with van der Waals surface area (Å²) in [5.74, 6) is 1.58. The SMILES string of the molecule is COc1ccc(C(OCC2CCC(n3ccc4c(N=CN(C)C)ccnc43)O2)(c2ccccc2)c2ccc(OC)cc2)cc1. The molecule has 3 aromatic carbocycles. The summed E-state index contributed by atoms with van der Waals surface area (Å²) in [7, 11) is 7.26. The fourth-order valence-electron chi connectivity index (χ4n) is 5.87. The molecule has 8 heteroatoms. The number of fused-ring (bicyclic) bond motifs is 1. The van der Waals surface area contributed by atoms with Crippen LogP contribution in [0.1, 0.15) is 35.8 Å². The predicted molar refractivity (Wildman–Crippen MR) is 173 cm³/mol. The van der Waals surface area contributed by atoms with Gasteiger partial charge in [0, 0.05) is 31.9 Å². The second kappa shape index (κ2) is 12.9. The van der Waals surface area contributed by atoms with E-state index in [1.54, 1.807) is 26.8 Å². The number of hydrogen-bond acceptors (Lipinski definition) is 6. The minimum absolute atomic E-state index is 0.105. The molecule has 3 heterocycles. The van der Waals surface area contributed by atoms with Gasteiger partial charge in [-0.3, -0.25) is 0 Å². The molecule has 1 aliphatic heterocycles. The molecule has 2 aromatic heterocycles. The monoisotopic (exact) mass is 590 g/mol. The molecule has 6 rings (SSSR count). The fraction of sp³-hybridized carbons (Fsp3) is 0.278. The van der Waals surface area contributed by atoms with Crippen molar-refractivity contribution < 1.29 is 18.9 Å². The number of aromatic nitrogens is 2. The van der Waals surface area contributed by atoms with Crippen molar-refractivity contribution >= 4 is 23.1 Å². The first-order valence-corrected chi connectivity index (χ1v) is 14.8. The van der Waals surface area contributed by atoms with E-state index in [9.17, 15) is 0 Å². The Morgan fingerprint density at radius 3 is 2.11 bits per heavy atom. The number of benzene rings is 3. The van der Waals surface area contributed by atoms with E-state index in [1.807, 2.05) is 73.7 Å². The van der Waals surface area contributed by atoms with E-state index in [4.69, 9.17) is 18.9 Å². The molecule has 1 saturated heterocycles. The van der Waals surface area contributed by atoms with Crippen LogP contribution in [0.15, 0.2) is 108 Å². The smallest absolute Gasteiger partial charge is 0.144 e. The maximum absolute atomic E-state index is 7.09. The first-order valence-electron chi connectivity index (χ1n) is 14.8. The molecule has 2 atom stereocenters. The second-order valence-electron chi connectivity index (χ2n) is 11.1. The van der Waals surface area contributed by atoms with E-state index in [2.05, 4.69) is 57.0 Å². The normalized spacial score (nSPS) is 16.9. The van der Waals surface area contributed by atoms with Gasteiger partial charge in [0.05, 0.1) is 39.0 Å². The van der Waals surface area contributed by atoms with Crippen LogP contribution in [0.3, 0.4) is 0 Å². The highest BCUT2D eigenvalue weighted by Gasteiger charge is 2.39. The average molecular weight is 591 g/mol. The van der Waals surface area contributed by atoms with Crippen molar-refractivity contribution in [2.24, 2.45) is 4.99 Å². The lowest BCUT2D eigenvalue weighted by Crippen LogP contribution is -2.35. The molecule has 1 fully saturated rings. The Morgan fingerprint density at radius 2 is 1.50 bits per heavy atom. The summed E-state index contributed by atoms with van der Waals surface area (Å²) in [5, 5.41) is 0.996. The largest absolute Gasteiger partial charge is 0.497 e. The minimum Gasteiger partial charge on any atom is -0.497 e. The molecule has 0 aliphatic carbocycles. The van der Waals surface area contributed by atoms with E-state index < -0.39 is 5.60 Å². The number of aliphatic imine (C=N–C) groups is 1. The summed E-state index contributed by atoms with van der Waals surface area (Å²) in [5.41, 5.74) is 3.87. The Bertz CT molecular complexity index is 1650. The molecule has 1 aliphatic rings. The third-order valence-corrected chi connectivity index (χ3v) is 8.07. The summed E-state index contributed by atoms with van der Waals surface area (Å²) in [6.07, 6.45) is 7.11. The van der Waals surface area contributed by atoms with Crippen molar-refractivity contribution in [2.45, 2.75) is 30.8 Å². The van der Waals surface area contributed by atoms with Crippen molar-refractivity contribution in [2.75, 3.05) is 34.9 Å². The van der Waals surface area contributed by atoms with Gasteiger partial charge in [0.2, 0.25) is 0 Å². The average Bonchev–Trinajstić information content (AvgIpc) is 3.72. The van der Waals surface area contributed by atoms with Crippen LogP contribution >= 0.6 is 0 Å². The van der Waals surface area contributed by atoms with Gasteiger partial charge in [-0.1, -0.05) is 54.6 Å². The maximum Gasteiger partial charge on any atom is 0.144 e. The third kappa shape index (κ3) is 5.78. The maximum atomic E-state index is 7.09. The molecule has 0 radical (unpaired) electrons. The molecule has 0 amide bonds.